The molecule has 8 heteroatoms. The van der Waals surface area contributed by atoms with Crippen molar-refractivity contribution in [1.82, 2.24) is 15.1 Å². The highest BCUT2D eigenvalue weighted by Crippen LogP contribution is 2.32. The zero-order chi connectivity index (χ0) is 30.3. The smallest absolute Gasteiger partial charge is 0.226 e. The number of hydrogen-bond donors (Lipinski definition) is 1. The van der Waals surface area contributed by atoms with E-state index in [0.29, 0.717) is 66.0 Å². The third kappa shape index (κ3) is 6.76. The van der Waals surface area contributed by atoms with Gasteiger partial charge in [0.1, 0.15) is 11.5 Å². The summed E-state index contributed by atoms with van der Waals surface area (Å²) >= 11 is 0. The molecule has 6 aromatic rings. The number of benzene rings is 4. The van der Waals surface area contributed by atoms with Crippen LogP contribution in [0.25, 0.3) is 11.5 Å². The molecular formula is C36H32N4O4. The van der Waals surface area contributed by atoms with Gasteiger partial charge >= 0.3 is 0 Å². The van der Waals surface area contributed by atoms with E-state index in [1.165, 1.54) is 0 Å². The van der Waals surface area contributed by atoms with Crippen LogP contribution >= 0.6 is 0 Å². The minimum Gasteiger partial charge on any atom is -0.491 e. The predicted molar refractivity (Wildman–Crippen MR) is 168 cm³/mol. The molecule has 0 spiro atoms. The summed E-state index contributed by atoms with van der Waals surface area (Å²) in [5.41, 5.74) is 5.48. The lowest BCUT2D eigenvalue weighted by molar-refractivity contribution is 0.103. The van der Waals surface area contributed by atoms with Gasteiger partial charge in [-0.25, -0.2) is 4.98 Å². The summed E-state index contributed by atoms with van der Waals surface area (Å²) in [5, 5.41) is 7.38. The minimum atomic E-state index is -0.0604. The van der Waals surface area contributed by atoms with Crippen molar-refractivity contribution < 1.29 is 18.5 Å². The molecule has 0 amide bonds. The molecule has 4 aromatic carbocycles. The highest BCUT2D eigenvalue weighted by molar-refractivity contribution is 6.12. The van der Waals surface area contributed by atoms with Gasteiger partial charge in [0, 0.05) is 35.2 Å². The van der Waals surface area contributed by atoms with E-state index in [1.54, 1.807) is 6.92 Å². The topological polar surface area (TPSA) is 103 Å². The van der Waals surface area contributed by atoms with Crippen LogP contribution in [0.3, 0.4) is 0 Å². The second kappa shape index (κ2) is 13.2. The van der Waals surface area contributed by atoms with Crippen molar-refractivity contribution in [2.24, 2.45) is 0 Å². The second-order valence-corrected chi connectivity index (χ2v) is 10.4. The number of oxazole rings is 1. The summed E-state index contributed by atoms with van der Waals surface area (Å²) in [6.45, 7) is 4.11. The Bertz CT molecular complexity index is 1860. The van der Waals surface area contributed by atoms with E-state index in [0.717, 1.165) is 28.3 Å². The number of ether oxygens (including phenoxy) is 1. The van der Waals surface area contributed by atoms with E-state index in [4.69, 9.17) is 18.7 Å². The Morgan fingerprint density at radius 2 is 1.55 bits per heavy atom. The van der Waals surface area contributed by atoms with Crippen LogP contribution in [0.5, 0.6) is 5.75 Å². The molecule has 44 heavy (non-hydrogen) atoms. The molecule has 1 N–H and O–H groups in total. The predicted octanol–water partition coefficient (Wildman–Crippen LogP) is 7.72. The fraction of sp³-hybridized carbons (Fsp3) is 0.167. The Kier molecular flexibility index (Phi) is 8.59. The maximum Gasteiger partial charge on any atom is 0.226 e. The highest BCUT2D eigenvalue weighted by Gasteiger charge is 2.16. The van der Waals surface area contributed by atoms with E-state index in [-0.39, 0.29) is 5.78 Å². The first-order valence-electron chi connectivity index (χ1n) is 14.6. The van der Waals surface area contributed by atoms with Gasteiger partial charge in [0.05, 0.1) is 18.0 Å². The highest BCUT2D eigenvalue weighted by atomic mass is 16.5. The van der Waals surface area contributed by atoms with Gasteiger partial charge in [-0.2, -0.15) is 4.98 Å². The van der Waals surface area contributed by atoms with Crippen molar-refractivity contribution in [1.29, 1.82) is 0 Å². The van der Waals surface area contributed by atoms with Crippen molar-refractivity contribution in [2.45, 2.75) is 33.1 Å². The number of hydrogen-bond acceptors (Lipinski definition) is 8. The van der Waals surface area contributed by atoms with Gasteiger partial charge in [0.15, 0.2) is 11.6 Å². The van der Waals surface area contributed by atoms with Crippen LogP contribution in [0.1, 0.15) is 44.7 Å². The van der Waals surface area contributed by atoms with Crippen LogP contribution in [0.15, 0.2) is 112 Å². The Morgan fingerprint density at radius 3 is 2.32 bits per heavy atom. The van der Waals surface area contributed by atoms with Crippen LogP contribution in [-0.4, -0.2) is 27.5 Å². The summed E-state index contributed by atoms with van der Waals surface area (Å²) in [4.78, 5) is 22.5. The Labute approximate surface area is 255 Å². The lowest BCUT2D eigenvalue weighted by Crippen LogP contribution is -2.08. The summed E-state index contributed by atoms with van der Waals surface area (Å²) in [6, 6.07) is 32.6. The van der Waals surface area contributed by atoms with E-state index >= 15 is 0 Å². The van der Waals surface area contributed by atoms with Crippen LogP contribution < -0.4 is 10.1 Å². The van der Waals surface area contributed by atoms with Crippen molar-refractivity contribution in [3.05, 3.63) is 143 Å². The lowest BCUT2D eigenvalue weighted by Gasteiger charge is -2.17. The first-order chi connectivity index (χ1) is 21.5. The summed E-state index contributed by atoms with van der Waals surface area (Å²) < 4.78 is 17.6. The number of anilines is 2. The molecule has 2 aromatic heterocycles. The monoisotopic (exact) mass is 584 g/mol. The molecule has 0 bridgehead atoms. The van der Waals surface area contributed by atoms with Crippen molar-refractivity contribution in [2.75, 3.05) is 11.9 Å². The zero-order valence-electron chi connectivity index (χ0n) is 24.6. The Balaban J connectivity index is 1.23. The second-order valence-electron chi connectivity index (χ2n) is 10.4. The van der Waals surface area contributed by atoms with Crippen molar-refractivity contribution >= 4 is 17.2 Å². The van der Waals surface area contributed by atoms with E-state index < -0.39 is 0 Å². The summed E-state index contributed by atoms with van der Waals surface area (Å²) in [6.07, 6.45) is 1.88. The van der Waals surface area contributed by atoms with Crippen LogP contribution in [0.4, 0.5) is 11.4 Å². The molecule has 0 saturated heterocycles. The number of nitrogens with one attached hydrogen (secondary N) is 1. The van der Waals surface area contributed by atoms with Crippen LogP contribution in [-0.2, 0) is 19.3 Å². The molecule has 220 valence electrons. The first-order valence-corrected chi connectivity index (χ1v) is 14.6. The molecule has 0 radical (unpaired) electrons. The maximum atomic E-state index is 13.4. The summed E-state index contributed by atoms with van der Waals surface area (Å²) in [7, 11) is 0. The Morgan fingerprint density at radius 1 is 0.795 bits per heavy atom. The minimum absolute atomic E-state index is 0.0604. The van der Waals surface area contributed by atoms with E-state index in [2.05, 4.69) is 15.5 Å². The average Bonchev–Trinajstić information content (AvgIpc) is 3.66. The fourth-order valence-electron chi connectivity index (χ4n) is 4.95. The first kappa shape index (κ1) is 28.6. The number of ketones is 1. The van der Waals surface area contributed by atoms with Gasteiger partial charge in [-0.05, 0) is 62.2 Å². The Hall–Kier alpha value is -5.50. The lowest BCUT2D eigenvalue weighted by atomic mass is 10.0. The van der Waals surface area contributed by atoms with Crippen LogP contribution in [0.2, 0.25) is 0 Å². The summed E-state index contributed by atoms with van der Waals surface area (Å²) in [5.74, 6) is 3.17. The molecule has 0 saturated carbocycles. The SMILES string of the molecule is Cc1noc(CCc2ccc(OCCc3nc(-c4ccccc4)oc3C)c(Nc3ccccc3C(=O)c3ccccc3)c2)n1. The van der Waals surface area contributed by atoms with E-state index in [1.807, 2.05) is 110 Å². The third-order valence-corrected chi connectivity index (χ3v) is 7.23. The normalized spacial score (nSPS) is 11.0. The molecule has 2 heterocycles. The zero-order valence-corrected chi connectivity index (χ0v) is 24.6. The van der Waals surface area contributed by atoms with E-state index in [9.17, 15) is 4.79 Å². The number of rotatable bonds is 12. The fourth-order valence-corrected chi connectivity index (χ4v) is 4.95. The van der Waals surface area contributed by atoms with Gasteiger partial charge < -0.3 is 19.0 Å². The number of carbonyl (C=O) groups excluding carboxylic acids is 1. The molecule has 0 aliphatic carbocycles. The average molecular weight is 585 g/mol. The molecule has 8 nitrogen and oxygen atoms in total. The van der Waals surface area contributed by atoms with Gasteiger partial charge in [-0.3, -0.25) is 4.79 Å². The van der Waals surface area contributed by atoms with Gasteiger partial charge in [0.25, 0.3) is 0 Å². The van der Waals surface area contributed by atoms with Crippen LogP contribution in [0, 0.1) is 13.8 Å². The standard InChI is InChI=1S/C36H32N4O4/c1-24-30(39-36(43-24)28-13-7-4-8-14-28)21-22-42-33-19-17-26(18-20-34-37-25(2)40-44-34)23-32(33)38-31-16-10-9-15-29(31)35(41)27-11-5-3-6-12-27/h3-17,19,23,38H,18,20-22H2,1-2H3. The molecule has 0 atom stereocenters. The number of nitrogens with zero attached hydrogens (tertiary/aromatic N) is 3. The number of carbonyl (C=O) groups is 1. The third-order valence-electron chi connectivity index (χ3n) is 7.23. The maximum absolute atomic E-state index is 13.4. The number of para-hydroxylation sites is 1. The quantitative estimate of drug-likeness (QED) is 0.146. The van der Waals surface area contributed by atoms with Gasteiger partial charge in [-0.1, -0.05) is 71.9 Å². The molecule has 0 aliphatic rings. The van der Waals surface area contributed by atoms with Crippen molar-refractivity contribution in [3.63, 3.8) is 0 Å². The van der Waals surface area contributed by atoms with Gasteiger partial charge in [0.2, 0.25) is 11.8 Å². The molecule has 0 unspecified atom stereocenters. The number of aryl methyl sites for hydroxylation is 4. The molecular weight excluding hydrogens is 552 g/mol. The van der Waals surface area contributed by atoms with Crippen molar-refractivity contribution in [3.8, 4) is 17.2 Å². The number of aromatic nitrogens is 3. The molecule has 0 fully saturated rings. The largest absolute Gasteiger partial charge is 0.491 e. The van der Waals surface area contributed by atoms with Gasteiger partial charge in [-0.15, -0.1) is 0 Å². The molecule has 0 aliphatic heterocycles. The molecule has 6 rings (SSSR count).